The molecule has 0 aliphatic heterocycles. The fourth-order valence-electron chi connectivity index (χ4n) is 7.99. The summed E-state index contributed by atoms with van der Waals surface area (Å²) in [4.78, 5) is 38.1. The third kappa shape index (κ3) is 52.2. The second-order valence-corrected chi connectivity index (χ2v) is 18.8. The van der Waals surface area contributed by atoms with Gasteiger partial charge in [-0.3, -0.25) is 14.4 Å². The zero-order chi connectivity index (χ0) is 47.2. The van der Waals surface area contributed by atoms with Crippen LogP contribution >= 0.6 is 0 Å². The van der Waals surface area contributed by atoms with Crippen molar-refractivity contribution in [2.45, 2.75) is 297 Å². The number of hydrogen-bond acceptors (Lipinski definition) is 6. The molecular weight excluding hydrogens is 805 g/mol. The van der Waals surface area contributed by atoms with E-state index in [1.807, 2.05) is 0 Å². The molecule has 0 fully saturated rings. The van der Waals surface area contributed by atoms with Crippen molar-refractivity contribution in [3.8, 4) is 0 Å². The maximum atomic E-state index is 12.8. The summed E-state index contributed by atoms with van der Waals surface area (Å²) in [7, 11) is 0. The SMILES string of the molecule is CCCCC/C=C\C/C=C\CCCCCCCC(=O)OC[C@H](COC(=O)CCCCCCC/C=C\CCCCCC)OC(=O)CCCCCCCCCCC/C=C\CCCCCCCC. The minimum absolute atomic E-state index is 0.0815. The Bertz CT molecular complexity index is 1140. The van der Waals surface area contributed by atoms with Crippen LogP contribution in [0.25, 0.3) is 0 Å². The van der Waals surface area contributed by atoms with Crippen molar-refractivity contribution in [3.05, 3.63) is 48.6 Å². The Labute approximate surface area is 403 Å². The lowest BCUT2D eigenvalue weighted by Gasteiger charge is -2.18. The van der Waals surface area contributed by atoms with Crippen LogP contribution in [0.3, 0.4) is 0 Å². The maximum Gasteiger partial charge on any atom is 0.306 e. The number of carbonyl (C=O) groups is 3. The first-order valence-corrected chi connectivity index (χ1v) is 28.1. The highest BCUT2D eigenvalue weighted by molar-refractivity contribution is 5.71. The van der Waals surface area contributed by atoms with E-state index in [2.05, 4.69) is 69.4 Å². The van der Waals surface area contributed by atoms with Crippen LogP contribution in [0.5, 0.6) is 0 Å². The van der Waals surface area contributed by atoms with Crippen LogP contribution < -0.4 is 0 Å². The molecule has 0 saturated carbocycles. The Morgan fingerprint density at radius 2 is 0.554 bits per heavy atom. The van der Waals surface area contributed by atoms with Gasteiger partial charge in [0.2, 0.25) is 0 Å². The van der Waals surface area contributed by atoms with Gasteiger partial charge in [0, 0.05) is 19.3 Å². The Morgan fingerprint density at radius 1 is 0.308 bits per heavy atom. The molecule has 0 aromatic heterocycles. The summed E-state index contributed by atoms with van der Waals surface area (Å²) in [6.45, 7) is 6.60. The molecule has 0 rings (SSSR count). The molecule has 0 spiro atoms. The molecule has 0 N–H and O–H groups in total. The van der Waals surface area contributed by atoms with Gasteiger partial charge in [-0.2, -0.15) is 0 Å². The van der Waals surface area contributed by atoms with Crippen LogP contribution in [0.1, 0.15) is 290 Å². The first kappa shape index (κ1) is 62.4. The van der Waals surface area contributed by atoms with E-state index in [0.717, 1.165) is 83.5 Å². The van der Waals surface area contributed by atoms with Crippen LogP contribution in [0.2, 0.25) is 0 Å². The third-order valence-electron chi connectivity index (χ3n) is 12.3. The van der Waals surface area contributed by atoms with Gasteiger partial charge in [0.25, 0.3) is 0 Å². The molecule has 0 radical (unpaired) electrons. The molecule has 6 heteroatoms. The molecule has 0 aliphatic rings. The smallest absolute Gasteiger partial charge is 0.306 e. The summed E-state index contributed by atoms with van der Waals surface area (Å²) in [6.07, 6.45) is 65.2. The molecule has 1 atom stereocenters. The number of unbranched alkanes of at least 4 members (excludes halogenated alkanes) is 32. The highest BCUT2D eigenvalue weighted by Gasteiger charge is 2.19. The lowest BCUT2D eigenvalue weighted by Crippen LogP contribution is -2.30. The van der Waals surface area contributed by atoms with Gasteiger partial charge in [-0.05, 0) is 103 Å². The highest BCUT2D eigenvalue weighted by atomic mass is 16.6. The first-order chi connectivity index (χ1) is 32.0. The molecule has 0 saturated heterocycles. The van der Waals surface area contributed by atoms with Gasteiger partial charge >= 0.3 is 17.9 Å². The van der Waals surface area contributed by atoms with Crippen molar-refractivity contribution in [2.75, 3.05) is 13.2 Å². The van der Waals surface area contributed by atoms with Crippen molar-refractivity contribution in [1.82, 2.24) is 0 Å². The molecule has 0 aromatic carbocycles. The minimum atomic E-state index is -0.782. The fourth-order valence-corrected chi connectivity index (χ4v) is 7.99. The molecular formula is C59H106O6. The van der Waals surface area contributed by atoms with Gasteiger partial charge in [-0.1, -0.05) is 217 Å². The Morgan fingerprint density at radius 3 is 0.908 bits per heavy atom. The molecule has 378 valence electrons. The van der Waals surface area contributed by atoms with Crippen molar-refractivity contribution in [3.63, 3.8) is 0 Å². The van der Waals surface area contributed by atoms with Gasteiger partial charge in [0.05, 0.1) is 0 Å². The molecule has 0 aromatic rings. The van der Waals surface area contributed by atoms with Gasteiger partial charge in [0.15, 0.2) is 6.10 Å². The van der Waals surface area contributed by atoms with E-state index < -0.39 is 6.10 Å². The number of carbonyl (C=O) groups excluding carboxylic acids is 3. The second kappa shape index (κ2) is 54.0. The molecule has 0 amide bonds. The fraction of sp³-hybridized carbons (Fsp3) is 0.814. The van der Waals surface area contributed by atoms with Gasteiger partial charge in [0.1, 0.15) is 13.2 Å². The van der Waals surface area contributed by atoms with E-state index in [1.54, 1.807) is 0 Å². The van der Waals surface area contributed by atoms with Crippen molar-refractivity contribution >= 4 is 17.9 Å². The number of hydrogen-bond donors (Lipinski definition) is 0. The Balaban J connectivity index is 4.37. The molecule has 65 heavy (non-hydrogen) atoms. The van der Waals surface area contributed by atoms with E-state index in [-0.39, 0.29) is 31.1 Å². The summed E-state index contributed by atoms with van der Waals surface area (Å²) in [5.41, 5.74) is 0. The summed E-state index contributed by atoms with van der Waals surface area (Å²) in [5.74, 6) is -0.895. The van der Waals surface area contributed by atoms with Crippen molar-refractivity contribution in [2.24, 2.45) is 0 Å². The molecule has 0 aliphatic carbocycles. The predicted octanol–water partition coefficient (Wildman–Crippen LogP) is 18.7. The molecule has 0 unspecified atom stereocenters. The first-order valence-electron chi connectivity index (χ1n) is 28.1. The van der Waals surface area contributed by atoms with Crippen LogP contribution in [-0.4, -0.2) is 37.2 Å². The standard InChI is InChI=1S/C59H106O6/c1-4-7-10-13-16-19-22-25-27-28-29-30-32-35-38-41-44-47-50-53-59(62)65-56(54-63-57(60)51-48-45-42-39-36-33-24-21-18-15-12-9-6-3)55-64-58(61)52-49-46-43-40-37-34-31-26-23-20-17-14-11-8-5-2/h17,20-21,24-27,31,56H,4-16,18-19,22-23,28-30,32-55H2,1-3H3/b20-17-,24-21-,27-25-,31-26-/t56-/m0/s1. The molecule has 0 bridgehead atoms. The quantitative estimate of drug-likeness (QED) is 0.0262. The monoisotopic (exact) mass is 911 g/mol. The topological polar surface area (TPSA) is 78.9 Å². The average Bonchev–Trinajstić information content (AvgIpc) is 3.30. The number of rotatable bonds is 51. The van der Waals surface area contributed by atoms with Gasteiger partial charge in [-0.25, -0.2) is 0 Å². The van der Waals surface area contributed by atoms with E-state index in [1.165, 1.54) is 167 Å². The number of allylic oxidation sites excluding steroid dienone is 8. The normalized spacial score (nSPS) is 12.4. The van der Waals surface area contributed by atoms with E-state index in [0.29, 0.717) is 19.3 Å². The van der Waals surface area contributed by atoms with E-state index >= 15 is 0 Å². The highest BCUT2D eigenvalue weighted by Crippen LogP contribution is 2.15. The lowest BCUT2D eigenvalue weighted by molar-refractivity contribution is -0.167. The zero-order valence-electron chi connectivity index (χ0n) is 43.3. The van der Waals surface area contributed by atoms with Crippen LogP contribution in [0.15, 0.2) is 48.6 Å². The second-order valence-electron chi connectivity index (χ2n) is 18.8. The van der Waals surface area contributed by atoms with Crippen LogP contribution in [0, 0.1) is 0 Å². The summed E-state index contributed by atoms with van der Waals surface area (Å²) in [6, 6.07) is 0. The number of ether oxygens (including phenoxy) is 3. The number of esters is 3. The van der Waals surface area contributed by atoms with Gasteiger partial charge in [-0.15, -0.1) is 0 Å². The maximum absolute atomic E-state index is 12.8. The van der Waals surface area contributed by atoms with E-state index in [9.17, 15) is 14.4 Å². The lowest BCUT2D eigenvalue weighted by atomic mass is 10.1. The third-order valence-corrected chi connectivity index (χ3v) is 12.3. The predicted molar refractivity (Wildman–Crippen MR) is 279 cm³/mol. The van der Waals surface area contributed by atoms with Crippen molar-refractivity contribution in [1.29, 1.82) is 0 Å². The van der Waals surface area contributed by atoms with Crippen LogP contribution in [-0.2, 0) is 28.6 Å². The summed E-state index contributed by atoms with van der Waals surface area (Å²) < 4.78 is 16.8. The average molecular weight is 911 g/mol. The largest absolute Gasteiger partial charge is 0.462 e. The molecule has 0 heterocycles. The summed E-state index contributed by atoms with van der Waals surface area (Å²) >= 11 is 0. The zero-order valence-corrected chi connectivity index (χ0v) is 43.3. The molecule has 6 nitrogen and oxygen atoms in total. The van der Waals surface area contributed by atoms with E-state index in [4.69, 9.17) is 14.2 Å². The van der Waals surface area contributed by atoms with Gasteiger partial charge < -0.3 is 14.2 Å². The Kier molecular flexibility index (Phi) is 51.8. The summed E-state index contributed by atoms with van der Waals surface area (Å²) in [5, 5.41) is 0. The minimum Gasteiger partial charge on any atom is -0.462 e. The van der Waals surface area contributed by atoms with Crippen LogP contribution in [0.4, 0.5) is 0 Å². The Hall–Kier alpha value is -2.63. The van der Waals surface area contributed by atoms with Crippen molar-refractivity contribution < 1.29 is 28.6 Å².